The van der Waals surface area contributed by atoms with Crippen LogP contribution in [0.4, 0.5) is 0 Å². The maximum absolute atomic E-state index is 12.1. The van der Waals surface area contributed by atoms with Gasteiger partial charge in [0.2, 0.25) is 0 Å². The first-order valence-corrected chi connectivity index (χ1v) is 6.51. The van der Waals surface area contributed by atoms with Crippen LogP contribution >= 0.6 is 7.60 Å². The Labute approximate surface area is 90.9 Å². The SMILES string of the molecule is CCCc1cccc(P(=O)(OC)OC)c1. The van der Waals surface area contributed by atoms with E-state index in [-0.39, 0.29) is 0 Å². The summed E-state index contributed by atoms with van der Waals surface area (Å²) in [5.74, 6) is 0. The molecule has 1 rings (SSSR count). The second-order valence-electron chi connectivity index (χ2n) is 3.28. The van der Waals surface area contributed by atoms with E-state index in [9.17, 15) is 4.57 Å². The molecule has 0 aliphatic heterocycles. The van der Waals surface area contributed by atoms with E-state index in [1.807, 2.05) is 18.2 Å². The van der Waals surface area contributed by atoms with Crippen LogP contribution in [-0.2, 0) is 20.0 Å². The molecule has 84 valence electrons. The van der Waals surface area contributed by atoms with Crippen LogP contribution in [0.5, 0.6) is 0 Å². The van der Waals surface area contributed by atoms with E-state index >= 15 is 0 Å². The fourth-order valence-corrected chi connectivity index (χ4v) is 2.62. The maximum atomic E-state index is 12.1. The molecule has 1 aromatic carbocycles. The van der Waals surface area contributed by atoms with Gasteiger partial charge in [0, 0.05) is 14.2 Å². The Balaban J connectivity index is 3.03. The zero-order chi connectivity index (χ0) is 11.3. The van der Waals surface area contributed by atoms with Crippen molar-refractivity contribution < 1.29 is 13.6 Å². The minimum atomic E-state index is -3.08. The van der Waals surface area contributed by atoms with E-state index in [1.165, 1.54) is 14.2 Å². The van der Waals surface area contributed by atoms with Crippen molar-refractivity contribution in [2.24, 2.45) is 0 Å². The lowest BCUT2D eigenvalue weighted by molar-refractivity contribution is 0.287. The molecule has 0 radical (unpaired) electrons. The summed E-state index contributed by atoms with van der Waals surface area (Å²) in [7, 11) is -0.285. The molecular formula is C11H17O3P. The molecule has 0 atom stereocenters. The fourth-order valence-electron chi connectivity index (χ4n) is 1.46. The van der Waals surface area contributed by atoms with E-state index in [1.54, 1.807) is 6.07 Å². The van der Waals surface area contributed by atoms with Crippen molar-refractivity contribution in [1.82, 2.24) is 0 Å². The monoisotopic (exact) mass is 228 g/mol. The smallest absolute Gasteiger partial charge is 0.309 e. The van der Waals surface area contributed by atoms with Crippen LogP contribution in [0.15, 0.2) is 24.3 Å². The topological polar surface area (TPSA) is 35.5 Å². The molecule has 0 spiro atoms. The predicted octanol–water partition coefficient (Wildman–Crippen LogP) is 2.75. The van der Waals surface area contributed by atoms with E-state index in [0.29, 0.717) is 5.30 Å². The van der Waals surface area contributed by atoms with Crippen molar-refractivity contribution in [3.05, 3.63) is 29.8 Å². The summed E-state index contributed by atoms with van der Waals surface area (Å²) in [6, 6.07) is 7.55. The first kappa shape index (κ1) is 12.4. The lowest BCUT2D eigenvalue weighted by Gasteiger charge is -2.14. The van der Waals surface area contributed by atoms with Gasteiger partial charge in [0.25, 0.3) is 0 Å². The molecule has 0 aromatic heterocycles. The molecule has 3 nitrogen and oxygen atoms in total. The Morgan fingerprint density at radius 2 is 1.93 bits per heavy atom. The van der Waals surface area contributed by atoms with Crippen molar-refractivity contribution in [3.63, 3.8) is 0 Å². The lowest BCUT2D eigenvalue weighted by Crippen LogP contribution is -2.08. The molecule has 0 unspecified atom stereocenters. The molecule has 0 saturated heterocycles. The molecule has 15 heavy (non-hydrogen) atoms. The van der Waals surface area contributed by atoms with Crippen molar-refractivity contribution in [1.29, 1.82) is 0 Å². The Morgan fingerprint density at radius 1 is 1.27 bits per heavy atom. The average molecular weight is 228 g/mol. The Hall–Kier alpha value is -0.630. The van der Waals surface area contributed by atoms with E-state index in [2.05, 4.69) is 6.92 Å². The average Bonchev–Trinajstić information content (AvgIpc) is 2.29. The second-order valence-corrected chi connectivity index (χ2v) is 5.52. The number of benzene rings is 1. The van der Waals surface area contributed by atoms with Gasteiger partial charge in [-0.1, -0.05) is 25.5 Å². The van der Waals surface area contributed by atoms with Crippen molar-refractivity contribution in [2.75, 3.05) is 14.2 Å². The van der Waals surface area contributed by atoms with Gasteiger partial charge in [-0.15, -0.1) is 0 Å². The Kier molecular flexibility index (Phi) is 4.52. The Bertz CT molecular complexity index is 355. The van der Waals surface area contributed by atoms with E-state index in [4.69, 9.17) is 9.05 Å². The summed E-state index contributed by atoms with van der Waals surface area (Å²) >= 11 is 0. The molecule has 0 aliphatic carbocycles. The Morgan fingerprint density at radius 3 is 2.47 bits per heavy atom. The summed E-state index contributed by atoms with van der Waals surface area (Å²) in [5, 5.41) is 0.624. The first-order chi connectivity index (χ1) is 7.16. The maximum Gasteiger partial charge on any atom is 0.360 e. The highest BCUT2D eigenvalue weighted by Gasteiger charge is 2.24. The molecule has 0 aliphatic rings. The van der Waals surface area contributed by atoms with Gasteiger partial charge >= 0.3 is 7.60 Å². The summed E-state index contributed by atoms with van der Waals surface area (Å²) < 4.78 is 21.9. The van der Waals surface area contributed by atoms with Crippen molar-refractivity contribution in [3.8, 4) is 0 Å². The van der Waals surface area contributed by atoms with Gasteiger partial charge in [-0.2, -0.15) is 0 Å². The van der Waals surface area contributed by atoms with Gasteiger partial charge in [0.05, 0.1) is 5.30 Å². The van der Waals surface area contributed by atoms with Crippen molar-refractivity contribution in [2.45, 2.75) is 19.8 Å². The number of rotatable bonds is 5. The van der Waals surface area contributed by atoms with Gasteiger partial charge in [-0.05, 0) is 24.1 Å². The highest BCUT2D eigenvalue weighted by atomic mass is 31.2. The van der Waals surface area contributed by atoms with Gasteiger partial charge in [0.15, 0.2) is 0 Å². The summed E-state index contributed by atoms with van der Waals surface area (Å²) in [6.45, 7) is 2.11. The molecule has 0 heterocycles. The summed E-state index contributed by atoms with van der Waals surface area (Å²) in [4.78, 5) is 0. The molecule has 1 aromatic rings. The van der Waals surface area contributed by atoms with E-state index in [0.717, 1.165) is 18.4 Å². The highest BCUT2D eigenvalue weighted by molar-refractivity contribution is 7.62. The molecule has 0 saturated carbocycles. The number of aryl methyl sites for hydroxylation is 1. The largest absolute Gasteiger partial charge is 0.360 e. The quantitative estimate of drug-likeness (QED) is 0.727. The van der Waals surface area contributed by atoms with Gasteiger partial charge in [0.1, 0.15) is 0 Å². The van der Waals surface area contributed by atoms with Crippen LogP contribution < -0.4 is 5.30 Å². The van der Waals surface area contributed by atoms with E-state index < -0.39 is 7.60 Å². The fraction of sp³-hybridized carbons (Fsp3) is 0.455. The third-order valence-corrected chi connectivity index (χ3v) is 4.12. The summed E-state index contributed by atoms with van der Waals surface area (Å²) in [6.07, 6.45) is 2.04. The molecule has 4 heteroatoms. The summed E-state index contributed by atoms with van der Waals surface area (Å²) in [5.41, 5.74) is 1.16. The van der Waals surface area contributed by atoms with Crippen LogP contribution in [0.25, 0.3) is 0 Å². The number of hydrogen-bond donors (Lipinski definition) is 0. The highest BCUT2D eigenvalue weighted by Crippen LogP contribution is 2.44. The van der Waals surface area contributed by atoms with Crippen LogP contribution in [0, 0.1) is 0 Å². The van der Waals surface area contributed by atoms with Crippen LogP contribution in [0.1, 0.15) is 18.9 Å². The molecular weight excluding hydrogens is 211 g/mol. The van der Waals surface area contributed by atoms with Crippen LogP contribution in [-0.4, -0.2) is 14.2 Å². The molecule has 0 N–H and O–H groups in total. The van der Waals surface area contributed by atoms with Gasteiger partial charge in [-0.3, -0.25) is 4.57 Å². The standard InChI is InChI=1S/C11H17O3P/c1-4-6-10-7-5-8-11(9-10)15(12,13-2)14-3/h5,7-9H,4,6H2,1-3H3. The van der Waals surface area contributed by atoms with Crippen LogP contribution in [0.3, 0.4) is 0 Å². The molecule has 0 fully saturated rings. The third-order valence-electron chi connectivity index (χ3n) is 2.25. The van der Waals surface area contributed by atoms with Gasteiger partial charge < -0.3 is 9.05 Å². The molecule has 0 bridgehead atoms. The number of hydrogen-bond acceptors (Lipinski definition) is 3. The normalized spacial score (nSPS) is 11.7. The second kappa shape index (κ2) is 5.45. The predicted molar refractivity (Wildman–Crippen MR) is 61.7 cm³/mol. The minimum Gasteiger partial charge on any atom is -0.309 e. The van der Waals surface area contributed by atoms with Gasteiger partial charge in [-0.25, -0.2) is 0 Å². The zero-order valence-corrected chi connectivity index (χ0v) is 10.3. The first-order valence-electron chi connectivity index (χ1n) is 4.97. The van der Waals surface area contributed by atoms with Crippen LogP contribution in [0.2, 0.25) is 0 Å². The minimum absolute atomic E-state index is 0.624. The zero-order valence-electron chi connectivity index (χ0n) is 9.40. The molecule has 0 amide bonds. The lowest BCUT2D eigenvalue weighted by atomic mass is 10.1. The van der Waals surface area contributed by atoms with Crippen molar-refractivity contribution >= 4 is 12.9 Å². The third kappa shape index (κ3) is 2.91.